The summed E-state index contributed by atoms with van der Waals surface area (Å²) in [6, 6.07) is 6.42. The van der Waals surface area contributed by atoms with Crippen LogP contribution in [0, 0.1) is 5.82 Å². The molecule has 3 rings (SSSR count). The quantitative estimate of drug-likeness (QED) is 0.752. The normalized spacial score (nSPS) is 10.9. The van der Waals surface area contributed by atoms with E-state index in [2.05, 4.69) is 15.3 Å². The predicted octanol–water partition coefficient (Wildman–Crippen LogP) is 1.86. The zero-order valence-corrected chi connectivity index (χ0v) is 11.3. The Bertz CT molecular complexity index is 748. The minimum atomic E-state index is -0.304. The van der Waals surface area contributed by atoms with Crippen LogP contribution in [0.3, 0.4) is 0 Å². The third kappa shape index (κ3) is 3.10. The number of H-pyrrole nitrogens is 1. The first-order chi connectivity index (χ1) is 10.2. The fourth-order valence-corrected chi connectivity index (χ4v) is 2.26. The third-order valence-electron chi connectivity index (χ3n) is 3.32. The molecule has 0 saturated heterocycles. The van der Waals surface area contributed by atoms with Gasteiger partial charge in [0, 0.05) is 31.1 Å². The van der Waals surface area contributed by atoms with E-state index in [4.69, 9.17) is 0 Å². The van der Waals surface area contributed by atoms with Crippen molar-refractivity contribution in [3.8, 4) is 0 Å². The summed E-state index contributed by atoms with van der Waals surface area (Å²) in [5, 5.41) is 3.76. The number of rotatable bonds is 5. The van der Waals surface area contributed by atoms with Crippen molar-refractivity contribution in [3.05, 3.63) is 54.5 Å². The highest BCUT2D eigenvalue weighted by atomic mass is 19.1. The number of imidazole rings is 1. The lowest BCUT2D eigenvalue weighted by molar-refractivity contribution is -0.121. The van der Waals surface area contributed by atoms with Gasteiger partial charge in [0.1, 0.15) is 12.4 Å². The molecule has 0 atom stereocenters. The molecule has 21 heavy (non-hydrogen) atoms. The molecule has 0 aliphatic heterocycles. The predicted molar refractivity (Wildman–Crippen MR) is 77.2 cm³/mol. The summed E-state index contributed by atoms with van der Waals surface area (Å²) in [5.74, 6) is -0.404. The summed E-state index contributed by atoms with van der Waals surface area (Å²) >= 11 is 0. The first-order valence-corrected chi connectivity index (χ1v) is 6.71. The zero-order chi connectivity index (χ0) is 14.7. The van der Waals surface area contributed by atoms with Gasteiger partial charge in [-0.3, -0.25) is 4.79 Å². The van der Waals surface area contributed by atoms with E-state index < -0.39 is 0 Å². The van der Waals surface area contributed by atoms with Crippen molar-refractivity contribution in [1.29, 1.82) is 0 Å². The second-order valence-corrected chi connectivity index (χ2v) is 4.82. The molecule has 6 heteroatoms. The van der Waals surface area contributed by atoms with Crippen molar-refractivity contribution in [2.75, 3.05) is 6.54 Å². The van der Waals surface area contributed by atoms with Gasteiger partial charge in [0.2, 0.25) is 5.91 Å². The maximum atomic E-state index is 13.3. The van der Waals surface area contributed by atoms with Crippen LogP contribution in [0.2, 0.25) is 0 Å². The highest BCUT2D eigenvalue weighted by Crippen LogP contribution is 2.16. The molecule has 0 fully saturated rings. The van der Waals surface area contributed by atoms with Crippen LogP contribution in [0.4, 0.5) is 4.39 Å². The van der Waals surface area contributed by atoms with Gasteiger partial charge in [-0.15, -0.1) is 0 Å². The van der Waals surface area contributed by atoms with Gasteiger partial charge in [0.25, 0.3) is 0 Å². The van der Waals surface area contributed by atoms with Crippen molar-refractivity contribution in [3.63, 3.8) is 0 Å². The van der Waals surface area contributed by atoms with Gasteiger partial charge < -0.3 is 14.9 Å². The Labute approximate surface area is 120 Å². The van der Waals surface area contributed by atoms with Gasteiger partial charge in [-0.1, -0.05) is 0 Å². The van der Waals surface area contributed by atoms with Gasteiger partial charge in [-0.25, -0.2) is 9.37 Å². The molecule has 108 valence electrons. The Balaban J connectivity index is 1.59. The van der Waals surface area contributed by atoms with E-state index in [9.17, 15) is 9.18 Å². The zero-order valence-electron chi connectivity index (χ0n) is 11.3. The average molecular weight is 286 g/mol. The highest BCUT2D eigenvalue weighted by Gasteiger charge is 2.07. The molecule has 5 nitrogen and oxygen atoms in total. The van der Waals surface area contributed by atoms with E-state index in [0.717, 1.165) is 16.6 Å². The Kier molecular flexibility index (Phi) is 3.68. The van der Waals surface area contributed by atoms with Gasteiger partial charge in [-0.05, 0) is 29.7 Å². The lowest BCUT2D eigenvalue weighted by Gasteiger charge is -2.07. The van der Waals surface area contributed by atoms with E-state index in [1.54, 1.807) is 29.4 Å². The second kappa shape index (κ2) is 5.78. The van der Waals surface area contributed by atoms with Crippen LogP contribution in [0.1, 0.15) is 5.69 Å². The van der Waals surface area contributed by atoms with Crippen LogP contribution in [0.15, 0.2) is 43.0 Å². The molecule has 2 N–H and O–H groups in total. The number of aromatic amines is 1. The molecular formula is C15H15FN4O. The Morgan fingerprint density at radius 3 is 3.10 bits per heavy atom. The molecule has 3 aromatic rings. The van der Waals surface area contributed by atoms with Crippen LogP contribution < -0.4 is 5.32 Å². The lowest BCUT2D eigenvalue weighted by atomic mass is 10.2. The third-order valence-corrected chi connectivity index (χ3v) is 3.32. The van der Waals surface area contributed by atoms with E-state index >= 15 is 0 Å². The number of aromatic nitrogens is 3. The number of hydrogen-bond acceptors (Lipinski definition) is 2. The van der Waals surface area contributed by atoms with Crippen molar-refractivity contribution in [2.45, 2.75) is 13.0 Å². The largest absolute Gasteiger partial charge is 0.354 e. The molecule has 0 spiro atoms. The van der Waals surface area contributed by atoms with Crippen LogP contribution in [-0.4, -0.2) is 27.0 Å². The van der Waals surface area contributed by atoms with Crippen LogP contribution in [0.5, 0.6) is 0 Å². The standard InChI is InChI=1S/C15H15FN4O/c16-12-2-1-11-4-6-20(14(11)7-12)9-15(21)18-5-3-13-8-17-10-19-13/h1-2,4,6-8,10H,3,5,9H2,(H,17,19)(H,18,21). The van der Waals surface area contributed by atoms with Crippen molar-refractivity contribution in [2.24, 2.45) is 0 Å². The van der Waals surface area contributed by atoms with E-state index in [0.29, 0.717) is 13.0 Å². The lowest BCUT2D eigenvalue weighted by Crippen LogP contribution is -2.29. The molecule has 0 unspecified atom stereocenters. The number of hydrogen-bond donors (Lipinski definition) is 2. The summed E-state index contributed by atoms with van der Waals surface area (Å²) in [5.41, 5.74) is 1.70. The van der Waals surface area contributed by atoms with Gasteiger partial charge in [0.15, 0.2) is 0 Å². The van der Waals surface area contributed by atoms with Gasteiger partial charge in [-0.2, -0.15) is 0 Å². The number of fused-ring (bicyclic) bond motifs is 1. The smallest absolute Gasteiger partial charge is 0.239 e. The topological polar surface area (TPSA) is 62.7 Å². The molecule has 0 aliphatic rings. The summed E-state index contributed by atoms with van der Waals surface area (Å²) < 4.78 is 15.0. The van der Waals surface area contributed by atoms with Crippen LogP contribution in [0.25, 0.3) is 10.9 Å². The maximum Gasteiger partial charge on any atom is 0.239 e. The number of carbonyl (C=O) groups is 1. The number of nitrogens with one attached hydrogen (secondary N) is 2. The molecule has 2 heterocycles. The number of carbonyl (C=O) groups excluding carboxylic acids is 1. The summed E-state index contributed by atoms with van der Waals surface area (Å²) in [6.07, 6.45) is 5.83. The molecule has 1 aromatic carbocycles. The first kappa shape index (κ1) is 13.4. The number of halogens is 1. The molecule has 0 saturated carbocycles. The Morgan fingerprint density at radius 2 is 2.29 bits per heavy atom. The number of nitrogens with zero attached hydrogens (tertiary/aromatic N) is 2. The van der Waals surface area contributed by atoms with Crippen molar-refractivity contribution < 1.29 is 9.18 Å². The SMILES string of the molecule is O=C(Cn1ccc2ccc(F)cc21)NCCc1cnc[nH]1. The monoisotopic (exact) mass is 286 g/mol. The van der Waals surface area contributed by atoms with E-state index in [1.807, 2.05) is 6.07 Å². The molecular weight excluding hydrogens is 271 g/mol. The van der Waals surface area contributed by atoms with Gasteiger partial charge >= 0.3 is 0 Å². The van der Waals surface area contributed by atoms with E-state index in [1.165, 1.54) is 12.1 Å². The summed E-state index contributed by atoms with van der Waals surface area (Å²) in [4.78, 5) is 18.8. The number of benzene rings is 1. The second-order valence-electron chi connectivity index (χ2n) is 4.82. The number of amides is 1. The molecule has 2 aromatic heterocycles. The minimum absolute atomic E-state index is 0.101. The van der Waals surface area contributed by atoms with E-state index in [-0.39, 0.29) is 18.3 Å². The summed E-state index contributed by atoms with van der Waals surface area (Å²) in [6.45, 7) is 0.713. The average Bonchev–Trinajstić information content (AvgIpc) is 3.09. The minimum Gasteiger partial charge on any atom is -0.354 e. The highest BCUT2D eigenvalue weighted by molar-refractivity contribution is 5.83. The Hall–Kier alpha value is -2.63. The maximum absolute atomic E-state index is 13.3. The first-order valence-electron chi connectivity index (χ1n) is 6.71. The summed E-state index contributed by atoms with van der Waals surface area (Å²) in [7, 11) is 0. The van der Waals surface area contributed by atoms with Crippen LogP contribution >= 0.6 is 0 Å². The van der Waals surface area contributed by atoms with Gasteiger partial charge in [0.05, 0.1) is 11.8 Å². The molecule has 1 amide bonds. The van der Waals surface area contributed by atoms with Crippen LogP contribution in [-0.2, 0) is 17.8 Å². The molecule has 0 aliphatic carbocycles. The Morgan fingerprint density at radius 1 is 1.38 bits per heavy atom. The molecule has 0 radical (unpaired) electrons. The fourth-order valence-electron chi connectivity index (χ4n) is 2.26. The molecule has 0 bridgehead atoms. The van der Waals surface area contributed by atoms with Crippen molar-refractivity contribution >= 4 is 16.8 Å². The fraction of sp³-hybridized carbons (Fsp3) is 0.200. The van der Waals surface area contributed by atoms with Crippen molar-refractivity contribution in [1.82, 2.24) is 19.9 Å².